The van der Waals surface area contributed by atoms with E-state index < -0.39 is 10.0 Å². The van der Waals surface area contributed by atoms with Crippen LogP contribution in [0.3, 0.4) is 0 Å². The van der Waals surface area contributed by atoms with Crippen molar-refractivity contribution in [3.8, 4) is 0 Å². The highest BCUT2D eigenvalue weighted by atomic mass is 35.5. The van der Waals surface area contributed by atoms with Crippen LogP contribution in [0.4, 0.5) is 5.69 Å². The number of nitrogens with one attached hydrogen (secondary N) is 1. The van der Waals surface area contributed by atoms with Crippen molar-refractivity contribution >= 4 is 38.1 Å². The molecule has 3 rings (SSSR count). The number of rotatable bonds is 3. The third-order valence-electron chi connectivity index (χ3n) is 3.16. The monoisotopic (exact) mass is 317 g/mol. The summed E-state index contributed by atoms with van der Waals surface area (Å²) >= 11 is 5.78. The summed E-state index contributed by atoms with van der Waals surface area (Å²) in [6.45, 7) is 0. The van der Waals surface area contributed by atoms with Crippen LogP contribution in [0, 0.1) is 0 Å². The molecule has 0 aromatic heterocycles. The van der Waals surface area contributed by atoms with Crippen LogP contribution in [0.2, 0.25) is 5.02 Å². The molecule has 1 N–H and O–H groups in total. The minimum absolute atomic E-state index is 0.180. The largest absolute Gasteiger partial charge is 0.279 e. The van der Waals surface area contributed by atoms with Gasteiger partial charge in [-0.1, -0.05) is 48.0 Å². The lowest BCUT2D eigenvalue weighted by Crippen LogP contribution is -2.13. The fourth-order valence-corrected chi connectivity index (χ4v) is 3.34. The molecule has 3 aromatic rings. The second kappa shape index (κ2) is 5.39. The normalized spacial score (nSPS) is 11.5. The second-order valence-corrected chi connectivity index (χ2v) is 6.70. The Kier molecular flexibility index (Phi) is 3.57. The average molecular weight is 318 g/mol. The summed E-state index contributed by atoms with van der Waals surface area (Å²) < 4.78 is 27.4. The molecule has 0 saturated carbocycles. The predicted octanol–water partition coefficient (Wildman–Crippen LogP) is 4.29. The smallest absolute Gasteiger partial charge is 0.261 e. The standard InChI is InChI=1S/C16H12ClNO2S/c17-13-8-10-14(11-9-13)21(19,20)18-16-7-3-5-12-4-1-2-6-15(12)16/h1-11,18H. The second-order valence-electron chi connectivity index (χ2n) is 4.59. The average Bonchev–Trinajstić information content (AvgIpc) is 2.48. The van der Waals surface area contributed by atoms with Crippen LogP contribution in [0.15, 0.2) is 71.6 Å². The number of anilines is 1. The minimum Gasteiger partial charge on any atom is -0.279 e. The van der Waals surface area contributed by atoms with E-state index in [1.807, 2.05) is 36.4 Å². The Morgan fingerprint density at radius 2 is 1.48 bits per heavy atom. The topological polar surface area (TPSA) is 46.2 Å². The van der Waals surface area contributed by atoms with Crippen molar-refractivity contribution in [1.82, 2.24) is 0 Å². The van der Waals surface area contributed by atoms with Gasteiger partial charge in [-0.25, -0.2) is 8.42 Å². The van der Waals surface area contributed by atoms with Gasteiger partial charge in [0.05, 0.1) is 10.6 Å². The number of hydrogen-bond acceptors (Lipinski definition) is 2. The molecule has 3 nitrogen and oxygen atoms in total. The van der Waals surface area contributed by atoms with E-state index in [-0.39, 0.29) is 4.90 Å². The molecular weight excluding hydrogens is 306 g/mol. The number of hydrogen-bond donors (Lipinski definition) is 1. The molecule has 0 atom stereocenters. The fraction of sp³-hybridized carbons (Fsp3) is 0. The van der Waals surface area contributed by atoms with Gasteiger partial charge in [-0.05, 0) is 35.7 Å². The van der Waals surface area contributed by atoms with E-state index in [9.17, 15) is 8.42 Å². The number of halogens is 1. The maximum absolute atomic E-state index is 12.4. The number of sulfonamides is 1. The summed E-state index contributed by atoms with van der Waals surface area (Å²) in [7, 11) is -3.63. The Labute approximate surface area is 128 Å². The Bertz CT molecular complexity index is 884. The van der Waals surface area contributed by atoms with Crippen LogP contribution in [-0.4, -0.2) is 8.42 Å². The summed E-state index contributed by atoms with van der Waals surface area (Å²) in [4.78, 5) is 0.180. The van der Waals surface area contributed by atoms with Crippen molar-refractivity contribution in [2.75, 3.05) is 4.72 Å². The zero-order valence-corrected chi connectivity index (χ0v) is 12.5. The maximum atomic E-state index is 12.4. The van der Waals surface area contributed by atoms with Crippen LogP contribution >= 0.6 is 11.6 Å². The summed E-state index contributed by atoms with van der Waals surface area (Å²) in [5, 5.41) is 2.34. The van der Waals surface area contributed by atoms with Crippen LogP contribution in [0.5, 0.6) is 0 Å². The molecule has 0 heterocycles. The van der Waals surface area contributed by atoms with Crippen molar-refractivity contribution in [3.05, 3.63) is 71.8 Å². The molecule has 0 unspecified atom stereocenters. The van der Waals surface area contributed by atoms with Gasteiger partial charge in [0.1, 0.15) is 0 Å². The summed E-state index contributed by atoms with van der Waals surface area (Å²) in [6.07, 6.45) is 0. The molecule has 3 aromatic carbocycles. The summed E-state index contributed by atoms with van der Waals surface area (Å²) in [5.41, 5.74) is 0.558. The lowest BCUT2D eigenvalue weighted by molar-refractivity contribution is 0.601. The molecule has 21 heavy (non-hydrogen) atoms. The van der Waals surface area contributed by atoms with E-state index in [1.54, 1.807) is 18.2 Å². The van der Waals surface area contributed by atoms with E-state index >= 15 is 0 Å². The Morgan fingerprint density at radius 1 is 0.810 bits per heavy atom. The van der Waals surface area contributed by atoms with E-state index in [1.165, 1.54) is 12.1 Å². The highest BCUT2D eigenvalue weighted by Gasteiger charge is 2.15. The van der Waals surface area contributed by atoms with Gasteiger partial charge in [0.15, 0.2) is 0 Å². The van der Waals surface area contributed by atoms with Crippen molar-refractivity contribution in [2.45, 2.75) is 4.90 Å². The van der Waals surface area contributed by atoms with Crippen LogP contribution in [-0.2, 0) is 10.0 Å². The molecule has 0 aliphatic carbocycles. The highest BCUT2D eigenvalue weighted by Crippen LogP contribution is 2.25. The minimum atomic E-state index is -3.63. The Morgan fingerprint density at radius 3 is 2.24 bits per heavy atom. The molecule has 0 fully saturated rings. The van der Waals surface area contributed by atoms with Gasteiger partial charge in [0, 0.05) is 10.4 Å². The zero-order valence-electron chi connectivity index (χ0n) is 11.0. The molecule has 0 saturated heterocycles. The van der Waals surface area contributed by atoms with Crippen molar-refractivity contribution in [2.24, 2.45) is 0 Å². The predicted molar refractivity (Wildman–Crippen MR) is 86.2 cm³/mol. The molecule has 0 aliphatic rings. The van der Waals surface area contributed by atoms with Gasteiger partial charge in [-0.2, -0.15) is 0 Å². The molecule has 0 aliphatic heterocycles. The van der Waals surface area contributed by atoms with Gasteiger partial charge < -0.3 is 0 Å². The van der Waals surface area contributed by atoms with Gasteiger partial charge >= 0.3 is 0 Å². The van der Waals surface area contributed by atoms with E-state index in [0.717, 1.165) is 10.8 Å². The first-order valence-electron chi connectivity index (χ1n) is 6.32. The summed E-state index contributed by atoms with van der Waals surface area (Å²) in [6, 6.07) is 19.2. The molecule has 0 spiro atoms. The molecular formula is C16H12ClNO2S. The highest BCUT2D eigenvalue weighted by molar-refractivity contribution is 7.92. The van der Waals surface area contributed by atoms with E-state index in [2.05, 4.69) is 4.72 Å². The number of benzene rings is 3. The van der Waals surface area contributed by atoms with Crippen LogP contribution in [0.1, 0.15) is 0 Å². The maximum Gasteiger partial charge on any atom is 0.261 e. The first-order chi connectivity index (χ1) is 10.1. The molecule has 5 heteroatoms. The molecule has 0 amide bonds. The first kappa shape index (κ1) is 13.9. The first-order valence-corrected chi connectivity index (χ1v) is 8.18. The van der Waals surface area contributed by atoms with E-state index in [4.69, 9.17) is 11.6 Å². The van der Waals surface area contributed by atoms with E-state index in [0.29, 0.717) is 10.7 Å². The van der Waals surface area contributed by atoms with Crippen molar-refractivity contribution in [3.63, 3.8) is 0 Å². The summed E-state index contributed by atoms with van der Waals surface area (Å²) in [5.74, 6) is 0. The lowest BCUT2D eigenvalue weighted by atomic mass is 10.1. The molecule has 106 valence electrons. The van der Waals surface area contributed by atoms with Gasteiger partial charge in [-0.15, -0.1) is 0 Å². The van der Waals surface area contributed by atoms with Gasteiger partial charge in [0.2, 0.25) is 0 Å². The Hall–Kier alpha value is -2.04. The van der Waals surface area contributed by atoms with Gasteiger partial charge in [0.25, 0.3) is 10.0 Å². The van der Waals surface area contributed by atoms with Gasteiger partial charge in [-0.3, -0.25) is 4.72 Å². The third kappa shape index (κ3) is 2.86. The zero-order chi connectivity index (χ0) is 14.9. The third-order valence-corrected chi connectivity index (χ3v) is 4.79. The fourth-order valence-electron chi connectivity index (χ4n) is 2.13. The van der Waals surface area contributed by atoms with Crippen molar-refractivity contribution in [1.29, 1.82) is 0 Å². The molecule has 0 bridgehead atoms. The Balaban J connectivity index is 2.03. The van der Waals surface area contributed by atoms with Crippen LogP contribution in [0.25, 0.3) is 10.8 Å². The molecule has 0 radical (unpaired) electrons. The SMILES string of the molecule is O=S(=O)(Nc1cccc2ccccc12)c1ccc(Cl)cc1. The lowest BCUT2D eigenvalue weighted by Gasteiger charge is -2.10. The quantitative estimate of drug-likeness (QED) is 0.783. The number of fused-ring (bicyclic) bond motifs is 1. The van der Waals surface area contributed by atoms with Crippen LogP contribution < -0.4 is 4.72 Å². The van der Waals surface area contributed by atoms with Crippen molar-refractivity contribution < 1.29 is 8.42 Å².